The summed E-state index contributed by atoms with van der Waals surface area (Å²) in [5.74, 6) is 0. The van der Waals surface area contributed by atoms with Crippen LogP contribution in [-0.4, -0.2) is 23.8 Å². The van der Waals surface area contributed by atoms with E-state index in [4.69, 9.17) is 5.11 Å². The molecule has 1 rings (SSSR count). The number of aliphatic hydroxyl groups excluding tert-OH is 1. The van der Waals surface area contributed by atoms with Gasteiger partial charge in [0, 0.05) is 18.3 Å². The molecule has 0 heterocycles. The number of aliphatic hydroxyl groups is 1. The smallest absolute Gasteiger partial charge is 0.319 e. The lowest BCUT2D eigenvalue weighted by Crippen LogP contribution is -2.36. The first kappa shape index (κ1) is 12.5. The van der Waals surface area contributed by atoms with Crippen LogP contribution in [0.2, 0.25) is 0 Å². The van der Waals surface area contributed by atoms with E-state index in [0.717, 1.165) is 11.3 Å². The summed E-state index contributed by atoms with van der Waals surface area (Å²) in [5, 5.41) is 14.2. The Hall–Kier alpha value is -1.55. The fourth-order valence-electron chi connectivity index (χ4n) is 1.36. The molecule has 1 atom stereocenters. The minimum absolute atomic E-state index is 0.0333. The number of carbonyl (C=O) groups is 1. The zero-order valence-corrected chi connectivity index (χ0v) is 9.66. The maximum atomic E-state index is 11.5. The summed E-state index contributed by atoms with van der Waals surface area (Å²) in [5.41, 5.74) is 1.82. The van der Waals surface area contributed by atoms with Crippen molar-refractivity contribution in [3.8, 4) is 0 Å². The quantitative estimate of drug-likeness (QED) is 0.728. The van der Waals surface area contributed by atoms with Gasteiger partial charge in [0.05, 0.1) is 0 Å². The summed E-state index contributed by atoms with van der Waals surface area (Å²) < 4.78 is 0. The summed E-state index contributed by atoms with van der Waals surface area (Å²) in [6, 6.07) is 7.31. The van der Waals surface area contributed by atoms with E-state index >= 15 is 0 Å². The number of rotatable bonds is 4. The molecule has 1 aromatic rings. The van der Waals surface area contributed by atoms with Crippen LogP contribution in [0, 0.1) is 6.92 Å². The van der Waals surface area contributed by atoms with Gasteiger partial charge >= 0.3 is 6.03 Å². The van der Waals surface area contributed by atoms with Crippen LogP contribution < -0.4 is 10.6 Å². The van der Waals surface area contributed by atoms with Gasteiger partial charge in [-0.1, -0.05) is 18.2 Å². The van der Waals surface area contributed by atoms with Crippen molar-refractivity contribution in [1.29, 1.82) is 0 Å². The van der Waals surface area contributed by atoms with Gasteiger partial charge in [0.1, 0.15) is 0 Å². The number of hydrogen-bond acceptors (Lipinski definition) is 2. The molecular formula is C12H18N2O2. The van der Waals surface area contributed by atoms with Crippen LogP contribution in [0.3, 0.4) is 0 Å². The van der Waals surface area contributed by atoms with Gasteiger partial charge in [0.15, 0.2) is 0 Å². The van der Waals surface area contributed by atoms with Crippen LogP contribution >= 0.6 is 0 Å². The van der Waals surface area contributed by atoms with Gasteiger partial charge in [0.25, 0.3) is 0 Å². The number of benzene rings is 1. The van der Waals surface area contributed by atoms with E-state index in [1.807, 2.05) is 38.1 Å². The Bertz CT molecular complexity index is 353. The van der Waals surface area contributed by atoms with Gasteiger partial charge < -0.3 is 15.7 Å². The molecule has 4 nitrogen and oxygen atoms in total. The van der Waals surface area contributed by atoms with Gasteiger partial charge in [-0.25, -0.2) is 4.79 Å². The molecule has 0 fully saturated rings. The van der Waals surface area contributed by atoms with Crippen molar-refractivity contribution in [3.05, 3.63) is 29.8 Å². The maximum absolute atomic E-state index is 11.5. The molecule has 1 aromatic carbocycles. The van der Waals surface area contributed by atoms with Crippen molar-refractivity contribution >= 4 is 11.7 Å². The lowest BCUT2D eigenvalue weighted by Gasteiger charge is -2.14. The molecule has 0 unspecified atom stereocenters. The zero-order chi connectivity index (χ0) is 12.0. The minimum Gasteiger partial charge on any atom is -0.396 e. The molecule has 0 spiro atoms. The summed E-state index contributed by atoms with van der Waals surface area (Å²) in [6.07, 6.45) is 0.557. The highest BCUT2D eigenvalue weighted by Gasteiger charge is 2.07. The number of nitrogens with one attached hydrogen (secondary N) is 2. The summed E-state index contributed by atoms with van der Waals surface area (Å²) >= 11 is 0. The molecule has 0 aliphatic carbocycles. The van der Waals surface area contributed by atoms with Gasteiger partial charge in [-0.15, -0.1) is 0 Å². The normalized spacial score (nSPS) is 11.9. The van der Waals surface area contributed by atoms with Gasteiger partial charge in [0.2, 0.25) is 0 Å². The molecule has 0 radical (unpaired) electrons. The Morgan fingerprint density at radius 2 is 2.12 bits per heavy atom. The molecular weight excluding hydrogens is 204 g/mol. The van der Waals surface area contributed by atoms with E-state index in [1.54, 1.807) is 0 Å². The number of hydrogen-bond donors (Lipinski definition) is 3. The van der Waals surface area contributed by atoms with E-state index in [-0.39, 0.29) is 18.7 Å². The number of carbonyl (C=O) groups excluding carboxylic acids is 1. The Morgan fingerprint density at radius 1 is 1.44 bits per heavy atom. The largest absolute Gasteiger partial charge is 0.396 e. The molecule has 3 N–H and O–H groups in total. The Labute approximate surface area is 95.7 Å². The molecule has 2 amide bonds. The topological polar surface area (TPSA) is 61.4 Å². The highest BCUT2D eigenvalue weighted by molar-refractivity contribution is 5.90. The van der Waals surface area contributed by atoms with E-state index in [9.17, 15) is 4.79 Å². The van der Waals surface area contributed by atoms with Crippen LogP contribution in [0.25, 0.3) is 0 Å². The molecule has 0 aliphatic rings. The average molecular weight is 222 g/mol. The van der Waals surface area contributed by atoms with Crippen molar-refractivity contribution in [3.63, 3.8) is 0 Å². The van der Waals surface area contributed by atoms with Gasteiger partial charge in [-0.3, -0.25) is 0 Å². The molecule has 0 bridgehead atoms. The summed E-state index contributed by atoms with van der Waals surface area (Å²) in [4.78, 5) is 11.5. The van der Waals surface area contributed by atoms with E-state index in [1.165, 1.54) is 0 Å². The first-order chi connectivity index (χ1) is 7.63. The van der Waals surface area contributed by atoms with Crippen molar-refractivity contribution in [2.75, 3.05) is 11.9 Å². The molecule has 4 heteroatoms. The number of aryl methyl sites for hydroxylation is 1. The van der Waals surface area contributed by atoms with Crippen LogP contribution in [0.1, 0.15) is 18.9 Å². The second-order valence-electron chi connectivity index (χ2n) is 3.83. The number of urea groups is 1. The third-order valence-corrected chi connectivity index (χ3v) is 2.33. The first-order valence-electron chi connectivity index (χ1n) is 5.37. The Balaban J connectivity index is 2.49. The summed E-state index contributed by atoms with van der Waals surface area (Å²) in [6.45, 7) is 3.87. The molecule has 0 saturated heterocycles. The predicted molar refractivity (Wildman–Crippen MR) is 64.5 cm³/mol. The van der Waals surface area contributed by atoms with Crippen LogP contribution in [0.5, 0.6) is 0 Å². The predicted octanol–water partition coefficient (Wildman–Crippen LogP) is 1.89. The van der Waals surface area contributed by atoms with Crippen LogP contribution in [0.15, 0.2) is 24.3 Å². The third kappa shape index (κ3) is 3.90. The van der Waals surface area contributed by atoms with E-state index < -0.39 is 0 Å². The molecule has 88 valence electrons. The Morgan fingerprint density at radius 3 is 2.75 bits per heavy atom. The average Bonchev–Trinajstić information content (AvgIpc) is 2.21. The number of amides is 2. The van der Waals surface area contributed by atoms with E-state index in [0.29, 0.717) is 6.42 Å². The fourth-order valence-corrected chi connectivity index (χ4v) is 1.36. The minimum atomic E-state index is -0.241. The number of anilines is 1. The monoisotopic (exact) mass is 222 g/mol. The van der Waals surface area contributed by atoms with Crippen molar-refractivity contribution < 1.29 is 9.90 Å². The standard InChI is InChI=1S/C12H18N2O2/c1-9-5-3-4-6-11(9)14-12(16)13-10(2)7-8-15/h3-6,10,15H,7-8H2,1-2H3,(H2,13,14,16)/t10-/m1/s1. The fraction of sp³-hybridized carbons (Fsp3) is 0.417. The number of para-hydroxylation sites is 1. The highest BCUT2D eigenvalue weighted by Crippen LogP contribution is 2.12. The molecule has 0 aromatic heterocycles. The van der Waals surface area contributed by atoms with Crippen LogP contribution in [-0.2, 0) is 0 Å². The maximum Gasteiger partial charge on any atom is 0.319 e. The van der Waals surface area contributed by atoms with Gasteiger partial charge in [-0.05, 0) is 31.9 Å². The second-order valence-corrected chi connectivity index (χ2v) is 3.83. The Kier molecular flexibility index (Phi) is 4.79. The molecule has 0 aliphatic heterocycles. The zero-order valence-electron chi connectivity index (χ0n) is 9.66. The molecule has 16 heavy (non-hydrogen) atoms. The lowest BCUT2D eigenvalue weighted by molar-refractivity contribution is 0.241. The SMILES string of the molecule is Cc1ccccc1NC(=O)N[C@H](C)CCO. The summed E-state index contributed by atoms with van der Waals surface area (Å²) in [7, 11) is 0. The van der Waals surface area contributed by atoms with Crippen LogP contribution in [0.4, 0.5) is 10.5 Å². The third-order valence-electron chi connectivity index (χ3n) is 2.33. The lowest BCUT2D eigenvalue weighted by atomic mass is 10.2. The molecule has 0 saturated carbocycles. The van der Waals surface area contributed by atoms with E-state index in [2.05, 4.69) is 10.6 Å². The highest BCUT2D eigenvalue weighted by atomic mass is 16.3. The van der Waals surface area contributed by atoms with Crippen molar-refractivity contribution in [2.24, 2.45) is 0 Å². The van der Waals surface area contributed by atoms with Gasteiger partial charge in [-0.2, -0.15) is 0 Å². The van der Waals surface area contributed by atoms with Crippen molar-refractivity contribution in [2.45, 2.75) is 26.3 Å². The first-order valence-corrected chi connectivity index (χ1v) is 5.37. The second kappa shape index (κ2) is 6.12. The van der Waals surface area contributed by atoms with Crippen molar-refractivity contribution in [1.82, 2.24) is 5.32 Å².